The fourth-order valence-corrected chi connectivity index (χ4v) is 2.55. The van der Waals surface area contributed by atoms with Crippen LogP contribution < -0.4 is 19.5 Å². The minimum Gasteiger partial charge on any atom is -0.497 e. The lowest BCUT2D eigenvalue weighted by atomic mass is 10.1. The summed E-state index contributed by atoms with van der Waals surface area (Å²) in [6.45, 7) is 0.00602. The second-order valence-corrected chi connectivity index (χ2v) is 5.50. The third-order valence-electron chi connectivity index (χ3n) is 3.88. The summed E-state index contributed by atoms with van der Waals surface area (Å²) in [7, 11) is 3.17. The van der Waals surface area contributed by atoms with E-state index in [1.54, 1.807) is 50.6 Å². The number of methoxy groups -OCH3 is 2. The molecule has 2 N–H and O–H groups in total. The highest BCUT2D eigenvalue weighted by Gasteiger charge is 2.17. The van der Waals surface area contributed by atoms with Gasteiger partial charge >= 0.3 is 0 Å². The van der Waals surface area contributed by atoms with E-state index in [1.807, 2.05) is 12.1 Å². The molecule has 1 atom stereocenters. The highest BCUT2D eigenvalue weighted by Crippen LogP contribution is 2.32. The average Bonchev–Trinajstić information content (AvgIpc) is 2.65. The van der Waals surface area contributed by atoms with E-state index in [1.165, 1.54) is 0 Å². The fraction of sp³-hybridized carbons (Fsp3) is 0.211. The second-order valence-electron chi connectivity index (χ2n) is 5.50. The zero-order chi connectivity index (χ0) is 17.8. The number of amides is 1. The van der Waals surface area contributed by atoms with Crippen molar-refractivity contribution in [2.75, 3.05) is 26.1 Å². The Bertz CT molecular complexity index is 815. The maximum absolute atomic E-state index is 11.4. The van der Waals surface area contributed by atoms with Crippen LogP contribution in [0.15, 0.2) is 42.5 Å². The van der Waals surface area contributed by atoms with Crippen molar-refractivity contribution in [2.24, 2.45) is 0 Å². The second kappa shape index (κ2) is 7.27. The van der Waals surface area contributed by atoms with E-state index in [4.69, 9.17) is 14.2 Å². The first kappa shape index (κ1) is 16.9. The van der Waals surface area contributed by atoms with Crippen LogP contribution in [0.4, 0.5) is 5.69 Å². The number of rotatable bonds is 5. The number of anilines is 1. The number of aliphatic hydroxyl groups excluding tert-OH is 1. The van der Waals surface area contributed by atoms with Crippen molar-refractivity contribution in [2.45, 2.75) is 6.10 Å². The van der Waals surface area contributed by atoms with Crippen molar-refractivity contribution in [1.29, 1.82) is 0 Å². The predicted octanol–water partition coefficient (Wildman–Crippen LogP) is 2.78. The standard InChI is InChI=1S/C19H19NO5/c1-23-14-6-3-12(18(10-14)24-2)4-7-16(21)13-5-8-17-15(9-13)20-19(22)11-25-17/h3-10,16,21H,11H2,1-2H3,(H,20,22)/b7-4+. The molecule has 6 heteroatoms. The third-order valence-corrected chi connectivity index (χ3v) is 3.88. The van der Waals surface area contributed by atoms with Gasteiger partial charge in [-0.25, -0.2) is 0 Å². The van der Waals surface area contributed by atoms with Crippen LogP contribution in [0.1, 0.15) is 17.2 Å². The van der Waals surface area contributed by atoms with E-state index in [2.05, 4.69) is 5.32 Å². The Balaban J connectivity index is 1.80. The van der Waals surface area contributed by atoms with E-state index in [0.29, 0.717) is 28.5 Å². The van der Waals surface area contributed by atoms with Gasteiger partial charge in [-0.1, -0.05) is 18.2 Å². The molecular weight excluding hydrogens is 322 g/mol. The lowest BCUT2D eigenvalue weighted by Gasteiger charge is -2.19. The van der Waals surface area contributed by atoms with Gasteiger partial charge in [0.1, 0.15) is 17.2 Å². The minimum absolute atomic E-state index is 0.00602. The first-order valence-corrected chi connectivity index (χ1v) is 7.75. The van der Waals surface area contributed by atoms with E-state index in [9.17, 15) is 9.90 Å². The molecule has 6 nitrogen and oxygen atoms in total. The number of carbonyl (C=O) groups is 1. The first-order valence-electron chi connectivity index (χ1n) is 7.75. The molecule has 0 bridgehead atoms. The lowest BCUT2D eigenvalue weighted by molar-refractivity contribution is -0.118. The van der Waals surface area contributed by atoms with Gasteiger partial charge in [0.2, 0.25) is 0 Å². The number of hydrogen-bond donors (Lipinski definition) is 2. The number of carbonyl (C=O) groups excluding carboxylic acids is 1. The Morgan fingerprint density at radius 1 is 1.20 bits per heavy atom. The summed E-state index contributed by atoms with van der Waals surface area (Å²) in [4.78, 5) is 11.4. The summed E-state index contributed by atoms with van der Waals surface area (Å²) in [5, 5.41) is 13.1. The summed E-state index contributed by atoms with van der Waals surface area (Å²) in [6, 6.07) is 10.6. The predicted molar refractivity (Wildman–Crippen MR) is 94.1 cm³/mol. The highest BCUT2D eigenvalue weighted by atomic mass is 16.5. The topological polar surface area (TPSA) is 77.0 Å². The van der Waals surface area contributed by atoms with Gasteiger partial charge in [-0.3, -0.25) is 4.79 Å². The molecule has 0 spiro atoms. The van der Waals surface area contributed by atoms with Gasteiger partial charge in [0, 0.05) is 11.6 Å². The summed E-state index contributed by atoms with van der Waals surface area (Å²) in [6.07, 6.45) is 2.59. The van der Waals surface area contributed by atoms with Gasteiger partial charge in [-0.15, -0.1) is 0 Å². The molecule has 0 aliphatic carbocycles. The zero-order valence-electron chi connectivity index (χ0n) is 14.0. The van der Waals surface area contributed by atoms with E-state index >= 15 is 0 Å². The van der Waals surface area contributed by atoms with E-state index < -0.39 is 6.10 Å². The van der Waals surface area contributed by atoms with Gasteiger partial charge < -0.3 is 24.6 Å². The number of benzene rings is 2. The molecule has 0 radical (unpaired) electrons. The van der Waals surface area contributed by atoms with Crippen molar-refractivity contribution in [3.63, 3.8) is 0 Å². The van der Waals surface area contributed by atoms with Crippen molar-refractivity contribution >= 4 is 17.7 Å². The molecule has 0 saturated carbocycles. The number of ether oxygens (including phenoxy) is 3. The number of fused-ring (bicyclic) bond motifs is 1. The lowest BCUT2D eigenvalue weighted by Crippen LogP contribution is -2.25. The molecule has 1 aliphatic heterocycles. The molecule has 1 unspecified atom stereocenters. The molecule has 2 aromatic carbocycles. The Morgan fingerprint density at radius 2 is 2.04 bits per heavy atom. The Morgan fingerprint density at radius 3 is 2.80 bits per heavy atom. The molecule has 0 saturated heterocycles. The van der Waals surface area contributed by atoms with Gasteiger partial charge in [0.15, 0.2) is 6.61 Å². The summed E-state index contributed by atoms with van der Waals surface area (Å²) in [5.74, 6) is 1.72. The number of aliphatic hydroxyl groups is 1. The normalized spacial score (nSPS) is 14.4. The first-order chi connectivity index (χ1) is 12.1. The van der Waals surface area contributed by atoms with Gasteiger partial charge in [0.25, 0.3) is 5.91 Å². The van der Waals surface area contributed by atoms with Gasteiger partial charge in [0.05, 0.1) is 26.0 Å². The van der Waals surface area contributed by atoms with Crippen LogP contribution in [0.2, 0.25) is 0 Å². The van der Waals surface area contributed by atoms with Crippen LogP contribution in [0, 0.1) is 0 Å². The summed E-state index contributed by atoms with van der Waals surface area (Å²) < 4.78 is 15.8. The summed E-state index contributed by atoms with van der Waals surface area (Å²) in [5.41, 5.74) is 2.02. The van der Waals surface area contributed by atoms with Gasteiger partial charge in [-0.05, 0) is 29.8 Å². The SMILES string of the molecule is COc1ccc(/C=C/C(O)c2ccc3c(c2)NC(=O)CO3)c(OC)c1. The Labute approximate surface area is 145 Å². The van der Waals surface area contributed by atoms with Crippen LogP contribution in [0.3, 0.4) is 0 Å². The minimum atomic E-state index is -0.837. The van der Waals surface area contributed by atoms with Crippen molar-refractivity contribution in [3.8, 4) is 17.2 Å². The average molecular weight is 341 g/mol. The summed E-state index contributed by atoms with van der Waals surface area (Å²) >= 11 is 0. The molecule has 1 aliphatic rings. The monoisotopic (exact) mass is 341 g/mol. The zero-order valence-corrected chi connectivity index (χ0v) is 14.0. The van der Waals surface area contributed by atoms with Crippen LogP contribution in [0.25, 0.3) is 6.08 Å². The highest BCUT2D eigenvalue weighted by molar-refractivity contribution is 5.95. The largest absolute Gasteiger partial charge is 0.497 e. The molecule has 1 heterocycles. The Kier molecular flexibility index (Phi) is 4.90. The van der Waals surface area contributed by atoms with E-state index in [-0.39, 0.29) is 12.5 Å². The molecule has 25 heavy (non-hydrogen) atoms. The maximum Gasteiger partial charge on any atom is 0.262 e. The molecular formula is C19H19NO5. The molecule has 0 fully saturated rings. The van der Waals surface area contributed by atoms with Crippen molar-refractivity contribution < 1.29 is 24.1 Å². The maximum atomic E-state index is 11.4. The molecule has 1 amide bonds. The molecule has 3 rings (SSSR count). The van der Waals surface area contributed by atoms with Crippen LogP contribution in [-0.2, 0) is 4.79 Å². The smallest absolute Gasteiger partial charge is 0.262 e. The van der Waals surface area contributed by atoms with Crippen LogP contribution in [-0.4, -0.2) is 31.8 Å². The fourth-order valence-electron chi connectivity index (χ4n) is 2.55. The molecule has 130 valence electrons. The van der Waals surface area contributed by atoms with Crippen molar-refractivity contribution in [1.82, 2.24) is 0 Å². The van der Waals surface area contributed by atoms with Crippen molar-refractivity contribution in [3.05, 3.63) is 53.6 Å². The quantitative estimate of drug-likeness (QED) is 0.874. The van der Waals surface area contributed by atoms with Crippen LogP contribution in [0.5, 0.6) is 17.2 Å². The number of hydrogen-bond acceptors (Lipinski definition) is 5. The van der Waals surface area contributed by atoms with Crippen LogP contribution >= 0.6 is 0 Å². The molecule has 0 aromatic heterocycles. The third kappa shape index (κ3) is 3.75. The Hall–Kier alpha value is -2.99. The van der Waals surface area contributed by atoms with Gasteiger partial charge in [-0.2, -0.15) is 0 Å². The molecule has 2 aromatic rings. The van der Waals surface area contributed by atoms with E-state index in [0.717, 1.165) is 5.56 Å². The number of nitrogens with one attached hydrogen (secondary N) is 1.